The molecule has 3 aliphatic heterocycles. The van der Waals surface area contributed by atoms with Gasteiger partial charge < -0.3 is 0 Å². The van der Waals surface area contributed by atoms with Crippen molar-refractivity contribution in [3.8, 4) is 37.0 Å². The van der Waals surface area contributed by atoms with E-state index in [1.807, 2.05) is 0 Å². The van der Waals surface area contributed by atoms with Crippen LogP contribution in [0.5, 0.6) is 0 Å². The summed E-state index contributed by atoms with van der Waals surface area (Å²) in [6.07, 6.45) is 16.7. The molecule has 0 aromatic heterocycles. The van der Waals surface area contributed by atoms with Gasteiger partial charge in [0.2, 0.25) is 0 Å². The molecule has 20 heavy (non-hydrogen) atoms. The second-order valence-electron chi connectivity index (χ2n) is 5.21. The third kappa shape index (κ3) is 3.34. The lowest BCUT2D eigenvalue weighted by Gasteiger charge is -2.49. The number of fused-ring (bicyclic) bond motifs is 6. The van der Waals surface area contributed by atoms with Crippen LogP contribution in [0.15, 0.2) is 0 Å². The molecule has 4 nitrogen and oxygen atoms in total. The van der Waals surface area contributed by atoms with Crippen LogP contribution in [-0.2, 0) is 0 Å². The Morgan fingerprint density at radius 2 is 1.00 bits per heavy atom. The van der Waals surface area contributed by atoms with Gasteiger partial charge in [0.25, 0.3) is 0 Å². The van der Waals surface area contributed by atoms with Crippen molar-refractivity contribution < 1.29 is 0 Å². The van der Waals surface area contributed by atoms with Crippen LogP contribution in [0.3, 0.4) is 0 Å². The molecule has 3 fully saturated rings. The summed E-state index contributed by atoms with van der Waals surface area (Å²) in [5, 5.41) is 0. The van der Waals surface area contributed by atoms with Crippen LogP contribution < -0.4 is 0 Å². The van der Waals surface area contributed by atoms with E-state index < -0.39 is 0 Å². The molecule has 3 rings (SSSR count). The zero-order chi connectivity index (χ0) is 14.4. The molecule has 0 amide bonds. The number of hydrogen-bond donors (Lipinski definition) is 0. The smallest absolute Gasteiger partial charge is 0.122 e. The highest BCUT2D eigenvalue weighted by Gasteiger charge is 2.34. The molecule has 3 heterocycles. The Kier molecular flexibility index (Phi) is 5.48. The van der Waals surface area contributed by atoms with Gasteiger partial charge in [-0.3, -0.25) is 19.6 Å². The largest absolute Gasteiger partial charge is 0.300 e. The van der Waals surface area contributed by atoms with Crippen molar-refractivity contribution in [2.75, 3.05) is 58.9 Å². The summed E-state index contributed by atoms with van der Waals surface area (Å²) in [4.78, 5) is 9.38. The third-order valence-electron chi connectivity index (χ3n) is 3.97. The van der Waals surface area contributed by atoms with Gasteiger partial charge in [-0.1, -0.05) is 17.8 Å². The fraction of sp³-hybridized carbons (Fsp3) is 0.625. The van der Waals surface area contributed by atoms with Crippen LogP contribution in [0, 0.1) is 37.0 Å². The Morgan fingerprint density at radius 1 is 0.650 bits per heavy atom. The molecule has 0 aromatic carbocycles. The molecule has 0 unspecified atom stereocenters. The van der Waals surface area contributed by atoms with Crippen molar-refractivity contribution in [2.24, 2.45) is 0 Å². The Labute approximate surface area is 122 Å². The Morgan fingerprint density at radius 3 is 1.30 bits per heavy atom. The molecule has 0 atom stereocenters. The van der Waals surface area contributed by atoms with Crippen molar-refractivity contribution in [1.29, 1.82) is 0 Å². The van der Waals surface area contributed by atoms with E-state index in [1.54, 1.807) is 0 Å². The first-order valence-electron chi connectivity index (χ1n) is 7.05. The minimum atomic E-state index is 0.126. The fourth-order valence-electron chi connectivity index (χ4n) is 3.02. The molecule has 3 saturated heterocycles. The Bertz CT molecular complexity index is 372. The Balaban J connectivity index is 2.29. The molecule has 0 aromatic rings. The highest BCUT2D eigenvalue weighted by molar-refractivity contribution is 4.98. The minimum absolute atomic E-state index is 0.126. The summed E-state index contributed by atoms with van der Waals surface area (Å²) in [6, 6.07) is 0. The zero-order valence-electron chi connectivity index (χ0n) is 12.0. The van der Waals surface area contributed by atoms with Crippen LogP contribution in [-0.4, -0.2) is 84.8 Å². The summed E-state index contributed by atoms with van der Waals surface area (Å²) in [5.41, 5.74) is 0. The van der Waals surface area contributed by atoms with Crippen molar-refractivity contribution in [3.63, 3.8) is 0 Å². The number of hydrogen-bond acceptors (Lipinski definition) is 4. The number of terminal acetylenes is 3. The quantitative estimate of drug-likeness (QED) is 0.635. The van der Waals surface area contributed by atoms with Crippen molar-refractivity contribution in [2.45, 2.75) is 6.29 Å². The fourth-order valence-corrected chi connectivity index (χ4v) is 3.02. The van der Waals surface area contributed by atoms with Crippen molar-refractivity contribution in [1.82, 2.24) is 19.6 Å². The molecule has 0 saturated carbocycles. The molecule has 106 valence electrons. The van der Waals surface area contributed by atoms with Crippen LogP contribution in [0.25, 0.3) is 0 Å². The lowest BCUT2D eigenvalue weighted by Crippen LogP contribution is -2.65. The van der Waals surface area contributed by atoms with Gasteiger partial charge in [0.05, 0.1) is 19.6 Å². The zero-order valence-corrected chi connectivity index (χ0v) is 12.0. The van der Waals surface area contributed by atoms with Gasteiger partial charge in [-0.05, 0) is 0 Å². The van der Waals surface area contributed by atoms with E-state index in [-0.39, 0.29) is 6.29 Å². The first kappa shape index (κ1) is 14.9. The molecular weight excluding hydrogens is 248 g/mol. The highest BCUT2D eigenvalue weighted by atomic mass is 15.5. The van der Waals surface area contributed by atoms with Crippen LogP contribution in [0.1, 0.15) is 0 Å². The van der Waals surface area contributed by atoms with E-state index in [9.17, 15) is 0 Å². The average molecular weight is 270 g/mol. The standard InChI is InChI=1S/C16H22N4/c1-4-7-18-13-10-17-11-14-19(8-5-2)16(18)20(9-6-3)15-12-17/h1-3,16H,7-15H2. The monoisotopic (exact) mass is 270 g/mol. The van der Waals surface area contributed by atoms with Gasteiger partial charge in [0.1, 0.15) is 6.29 Å². The average Bonchev–Trinajstić information content (AvgIpc) is 2.40. The van der Waals surface area contributed by atoms with Gasteiger partial charge in [0, 0.05) is 39.3 Å². The van der Waals surface area contributed by atoms with Crippen LogP contribution in [0.2, 0.25) is 0 Å². The van der Waals surface area contributed by atoms with Gasteiger partial charge in [0.15, 0.2) is 0 Å². The molecule has 0 spiro atoms. The van der Waals surface area contributed by atoms with E-state index >= 15 is 0 Å². The first-order valence-corrected chi connectivity index (χ1v) is 7.05. The maximum absolute atomic E-state index is 5.53. The van der Waals surface area contributed by atoms with Crippen molar-refractivity contribution >= 4 is 0 Å². The normalized spacial score (nSPS) is 28.6. The van der Waals surface area contributed by atoms with E-state index in [0.29, 0.717) is 19.6 Å². The summed E-state index contributed by atoms with van der Waals surface area (Å²) in [6.45, 7) is 7.93. The lowest BCUT2D eigenvalue weighted by atomic mass is 10.2. The van der Waals surface area contributed by atoms with Gasteiger partial charge in [-0.25, -0.2) is 0 Å². The molecule has 0 radical (unpaired) electrons. The topological polar surface area (TPSA) is 13.0 Å². The second-order valence-corrected chi connectivity index (χ2v) is 5.21. The van der Waals surface area contributed by atoms with Gasteiger partial charge >= 0.3 is 0 Å². The third-order valence-corrected chi connectivity index (χ3v) is 3.97. The molecular formula is C16H22N4. The predicted octanol–water partition coefficient (Wildman–Crippen LogP) is -0.595. The second kappa shape index (κ2) is 7.34. The van der Waals surface area contributed by atoms with Crippen LogP contribution in [0.4, 0.5) is 0 Å². The molecule has 0 aliphatic carbocycles. The Hall–Kier alpha value is -1.48. The molecule has 3 aliphatic rings. The molecule has 4 heteroatoms. The maximum Gasteiger partial charge on any atom is 0.122 e. The number of rotatable bonds is 3. The lowest BCUT2D eigenvalue weighted by molar-refractivity contribution is -0.0911. The molecule has 0 N–H and O–H groups in total. The summed E-state index contributed by atoms with van der Waals surface area (Å²) >= 11 is 0. The summed E-state index contributed by atoms with van der Waals surface area (Å²) < 4.78 is 0. The van der Waals surface area contributed by atoms with E-state index in [0.717, 1.165) is 39.3 Å². The summed E-state index contributed by atoms with van der Waals surface area (Å²) in [7, 11) is 0. The van der Waals surface area contributed by atoms with Crippen LogP contribution >= 0.6 is 0 Å². The van der Waals surface area contributed by atoms with E-state index in [4.69, 9.17) is 19.3 Å². The molecule has 2 bridgehead atoms. The number of nitrogens with zero attached hydrogens (tertiary/aromatic N) is 4. The predicted molar refractivity (Wildman–Crippen MR) is 81.4 cm³/mol. The van der Waals surface area contributed by atoms with Crippen molar-refractivity contribution in [3.05, 3.63) is 0 Å². The SMILES string of the molecule is C#CCN1CCN2CCN(CC#C)C1N(CC#C)CC2. The van der Waals surface area contributed by atoms with E-state index in [1.165, 1.54) is 0 Å². The maximum atomic E-state index is 5.53. The highest BCUT2D eigenvalue weighted by Crippen LogP contribution is 2.17. The minimum Gasteiger partial charge on any atom is -0.300 e. The van der Waals surface area contributed by atoms with Gasteiger partial charge in [-0.2, -0.15) is 0 Å². The first-order chi connectivity index (χ1) is 9.80. The van der Waals surface area contributed by atoms with Gasteiger partial charge in [-0.15, -0.1) is 19.3 Å². The summed E-state index contributed by atoms with van der Waals surface area (Å²) in [5.74, 6) is 8.29. The van der Waals surface area contributed by atoms with E-state index in [2.05, 4.69) is 37.4 Å².